The fourth-order valence-corrected chi connectivity index (χ4v) is 3.93. The van der Waals surface area contributed by atoms with Crippen molar-refractivity contribution in [2.75, 3.05) is 0 Å². The topological polar surface area (TPSA) is 41.5 Å². The number of amides is 1. The molecule has 0 aromatic heterocycles. The molecule has 0 spiro atoms. The third-order valence-corrected chi connectivity index (χ3v) is 5.14. The highest BCUT2D eigenvalue weighted by atomic mass is 16.2. The van der Waals surface area contributed by atoms with E-state index in [0.29, 0.717) is 12.3 Å². The first-order chi connectivity index (χ1) is 9.70. The van der Waals surface area contributed by atoms with Gasteiger partial charge in [0.25, 0.3) is 0 Å². The molecule has 2 saturated carbocycles. The van der Waals surface area contributed by atoms with E-state index >= 15 is 0 Å². The van der Waals surface area contributed by atoms with Gasteiger partial charge >= 0.3 is 0 Å². The maximum atomic E-state index is 11.7. The Kier molecular flexibility index (Phi) is 6.06. The summed E-state index contributed by atoms with van der Waals surface area (Å²) in [4.78, 5) is 11.7. The molecule has 0 heterocycles. The summed E-state index contributed by atoms with van der Waals surface area (Å²) in [6.07, 6.45) is 12.0. The summed E-state index contributed by atoms with van der Waals surface area (Å²) in [5, 5.41) is 4.36. The second kappa shape index (κ2) is 7.80. The molecule has 20 heavy (non-hydrogen) atoms. The minimum absolute atomic E-state index is 0.0870. The molecule has 1 N–H and O–H groups in total. The Morgan fingerprint density at radius 1 is 1.15 bits per heavy atom. The molecule has 2 aliphatic rings. The van der Waals surface area contributed by atoms with Gasteiger partial charge in [-0.3, -0.25) is 4.79 Å². The molecule has 3 nitrogen and oxygen atoms in total. The molecule has 2 fully saturated rings. The molecule has 2 bridgehead atoms. The van der Waals surface area contributed by atoms with Gasteiger partial charge in [0.2, 0.25) is 5.91 Å². The van der Waals surface area contributed by atoms with Gasteiger partial charge in [-0.15, -0.1) is 0 Å². The van der Waals surface area contributed by atoms with E-state index in [1.807, 2.05) is 0 Å². The van der Waals surface area contributed by atoms with Crippen molar-refractivity contribution in [2.45, 2.75) is 78.1 Å². The van der Waals surface area contributed by atoms with Gasteiger partial charge in [0.05, 0.1) is 0 Å². The zero-order valence-corrected chi connectivity index (χ0v) is 13.2. The standard InChI is InChI=1S/C17H30N2O/c1-3-4-5-6-7-8-17(20)19-18-13(2)16-12-14-9-10-15(16)11-14/h14-16H,3-12H2,1-2H3,(H,19,20)/b18-13+. The number of hydrogen-bond donors (Lipinski definition) is 1. The predicted octanol–water partition coefficient (Wildman–Crippen LogP) is 4.28. The van der Waals surface area contributed by atoms with E-state index in [4.69, 9.17) is 0 Å². The third kappa shape index (κ3) is 4.32. The van der Waals surface area contributed by atoms with Crippen molar-refractivity contribution in [1.82, 2.24) is 5.43 Å². The van der Waals surface area contributed by atoms with E-state index in [-0.39, 0.29) is 5.91 Å². The number of nitrogens with zero attached hydrogens (tertiary/aromatic N) is 1. The Morgan fingerprint density at radius 2 is 1.95 bits per heavy atom. The molecule has 2 aliphatic carbocycles. The summed E-state index contributed by atoms with van der Waals surface area (Å²) < 4.78 is 0. The molecule has 0 aliphatic heterocycles. The average Bonchev–Trinajstić information content (AvgIpc) is 3.07. The molecule has 114 valence electrons. The Morgan fingerprint density at radius 3 is 2.60 bits per heavy atom. The fraction of sp³-hybridized carbons (Fsp3) is 0.882. The molecular formula is C17H30N2O. The molecule has 3 atom stereocenters. The van der Waals surface area contributed by atoms with Crippen LogP contribution in [0.25, 0.3) is 0 Å². The van der Waals surface area contributed by atoms with Gasteiger partial charge in [0.1, 0.15) is 0 Å². The number of fused-ring (bicyclic) bond motifs is 2. The minimum Gasteiger partial charge on any atom is -0.273 e. The largest absolute Gasteiger partial charge is 0.273 e. The van der Waals surface area contributed by atoms with Gasteiger partial charge in [0.15, 0.2) is 0 Å². The minimum atomic E-state index is 0.0870. The lowest BCUT2D eigenvalue weighted by Gasteiger charge is -2.21. The molecule has 3 unspecified atom stereocenters. The van der Waals surface area contributed by atoms with E-state index < -0.39 is 0 Å². The summed E-state index contributed by atoms with van der Waals surface area (Å²) in [5.74, 6) is 2.50. The molecule has 0 radical (unpaired) electrons. The highest BCUT2D eigenvalue weighted by molar-refractivity contribution is 5.86. The van der Waals surface area contributed by atoms with Gasteiger partial charge in [0, 0.05) is 18.1 Å². The number of carbonyl (C=O) groups excluding carboxylic acids is 1. The molecular weight excluding hydrogens is 248 g/mol. The molecule has 0 aromatic carbocycles. The smallest absolute Gasteiger partial charge is 0.240 e. The highest BCUT2D eigenvalue weighted by Gasteiger charge is 2.40. The second-order valence-corrected chi connectivity index (χ2v) is 6.73. The van der Waals surface area contributed by atoms with E-state index in [2.05, 4.69) is 24.4 Å². The number of nitrogens with one attached hydrogen (secondary N) is 1. The molecule has 3 heteroatoms. The van der Waals surface area contributed by atoms with Crippen molar-refractivity contribution in [3.05, 3.63) is 0 Å². The maximum Gasteiger partial charge on any atom is 0.240 e. The zero-order valence-electron chi connectivity index (χ0n) is 13.2. The number of unbranched alkanes of at least 4 members (excludes halogenated alkanes) is 4. The van der Waals surface area contributed by atoms with Gasteiger partial charge in [-0.1, -0.05) is 39.0 Å². The van der Waals surface area contributed by atoms with E-state index in [9.17, 15) is 4.79 Å². The summed E-state index contributed by atoms with van der Waals surface area (Å²) in [5.41, 5.74) is 3.91. The summed E-state index contributed by atoms with van der Waals surface area (Å²) in [6, 6.07) is 0. The van der Waals surface area contributed by atoms with Gasteiger partial charge in [-0.25, -0.2) is 5.43 Å². The van der Waals surface area contributed by atoms with Gasteiger partial charge in [-0.05, 0) is 44.4 Å². The van der Waals surface area contributed by atoms with Crippen molar-refractivity contribution in [2.24, 2.45) is 22.9 Å². The van der Waals surface area contributed by atoms with Crippen LogP contribution in [0.3, 0.4) is 0 Å². The summed E-state index contributed by atoms with van der Waals surface area (Å²) in [6.45, 7) is 4.30. The Hall–Kier alpha value is -0.860. The van der Waals surface area contributed by atoms with Crippen LogP contribution in [-0.4, -0.2) is 11.6 Å². The van der Waals surface area contributed by atoms with Crippen LogP contribution >= 0.6 is 0 Å². The normalized spacial score (nSPS) is 28.9. The van der Waals surface area contributed by atoms with E-state index in [1.165, 1.54) is 44.9 Å². The SMILES string of the molecule is CCCCCCCC(=O)N/N=C(\C)C1CC2CCC1C2. The Labute approximate surface area is 123 Å². The van der Waals surface area contributed by atoms with Crippen molar-refractivity contribution in [1.29, 1.82) is 0 Å². The third-order valence-electron chi connectivity index (χ3n) is 5.14. The molecule has 0 saturated heterocycles. The van der Waals surface area contributed by atoms with Crippen LogP contribution in [0.15, 0.2) is 5.10 Å². The lowest BCUT2D eigenvalue weighted by Crippen LogP contribution is -2.24. The van der Waals surface area contributed by atoms with Gasteiger partial charge in [-0.2, -0.15) is 5.10 Å². The number of carbonyl (C=O) groups is 1. The van der Waals surface area contributed by atoms with Crippen molar-refractivity contribution in [3.63, 3.8) is 0 Å². The summed E-state index contributed by atoms with van der Waals surface area (Å²) in [7, 11) is 0. The monoisotopic (exact) mass is 278 g/mol. The Balaban J connectivity index is 1.63. The number of rotatable bonds is 8. The van der Waals surface area contributed by atoms with Crippen LogP contribution in [-0.2, 0) is 4.79 Å². The average molecular weight is 278 g/mol. The van der Waals surface area contributed by atoms with E-state index in [0.717, 1.165) is 30.4 Å². The quantitative estimate of drug-likeness (QED) is 0.402. The first-order valence-electron chi connectivity index (χ1n) is 8.53. The maximum absolute atomic E-state index is 11.7. The second-order valence-electron chi connectivity index (χ2n) is 6.73. The lowest BCUT2D eigenvalue weighted by molar-refractivity contribution is -0.121. The van der Waals surface area contributed by atoms with E-state index in [1.54, 1.807) is 0 Å². The first kappa shape index (κ1) is 15.5. The van der Waals surface area contributed by atoms with Crippen LogP contribution in [0.4, 0.5) is 0 Å². The predicted molar refractivity (Wildman–Crippen MR) is 83.6 cm³/mol. The van der Waals surface area contributed by atoms with Crippen molar-refractivity contribution in [3.8, 4) is 0 Å². The number of hydrazone groups is 1. The molecule has 2 rings (SSSR count). The summed E-state index contributed by atoms with van der Waals surface area (Å²) >= 11 is 0. The van der Waals surface area contributed by atoms with Crippen LogP contribution < -0.4 is 5.43 Å². The lowest BCUT2D eigenvalue weighted by atomic mass is 9.86. The van der Waals surface area contributed by atoms with Gasteiger partial charge < -0.3 is 0 Å². The number of hydrogen-bond acceptors (Lipinski definition) is 2. The first-order valence-corrected chi connectivity index (χ1v) is 8.53. The highest BCUT2D eigenvalue weighted by Crippen LogP contribution is 2.48. The molecule has 1 amide bonds. The van der Waals surface area contributed by atoms with Crippen LogP contribution in [0.1, 0.15) is 78.1 Å². The zero-order chi connectivity index (χ0) is 14.4. The van der Waals surface area contributed by atoms with Crippen LogP contribution in [0, 0.1) is 17.8 Å². The van der Waals surface area contributed by atoms with Crippen molar-refractivity contribution < 1.29 is 4.79 Å². The Bertz CT molecular complexity index is 351. The van der Waals surface area contributed by atoms with Crippen molar-refractivity contribution >= 4 is 11.6 Å². The van der Waals surface area contributed by atoms with Crippen LogP contribution in [0.5, 0.6) is 0 Å². The van der Waals surface area contributed by atoms with Crippen LogP contribution in [0.2, 0.25) is 0 Å². The fourth-order valence-electron chi connectivity index (χ4n) is 3.93. The molecule has 0 aromatic rings.